The number of nitrogens with zero attached hydrogens (tertiary/aromatic N) is 1. The van der Waals surface area contributed by atoms with Crippen LogP contribution in [0.5, 0.6) is 0 Å². The zero-order valence-corrected chi connectivity index (χ0v) is 13.6. The first-order valence-electron chi connectivity index (χ1n) is 7.69. The molecule has 0 unspecified atom stereocenters. The summed E-state index contributed by atoms with van der Waals surface area (Å²) in [6.07, 6.45) is 2.07. The maximum Gasteiger partial charge on any atom is 0.0603 e. The molecule has 112 valence electrons. The van der Waals surface area contributed by atoms with E-state index in [-0.39, 0.29) is 0 Å². The molecule has 1 nitrogen and oxygen atoms in total. The van der Waals surface area contributed by atoms with Gasteiger partial charge in [0.05, 0.1) is 5.69 Å². The van der Waals surface area contributed by atoms with Crippen molar-refractivity contribution < 1.29 is 0 Å². The molecule has 3 aromatic rings. The maximum atomic E-state index is 4.21. The minimum Gasteiger partial charge on any atom is -0.316 e. The topological polar surface area (TPSA) is 4.41 Å². The molecular weight excluding hydrogens is 266 g/mol. The van der Waals surface area contributed by atoms with Gasteiger partial charge in [-0.1, -0.05) is 63.4 Å². The minimum absolute atomic E-state index is 0.982. The predicted molar refractivity (Wildman–Crippen MR) is 98.0 cm³/mol. The zero-order valence-electron chi connectivity index (χ0n) is 13.6. The molecule has 1 heteroatoms. The third-order valence-electron chi connectivity index (χ3n) is 3.57. The lowest BCUT2D eigenvalue weighted by atomic mass is 9.99. The Hall–Kier alpha value is -2.54. The van der Waals surface area contributed by atoms with Gasteiger partial charge in [-0.05, 0) is 41.8 Å². The molecular formula is C21H23N. The molecule has 2 aromatic heterocycles. The molecule has 0 amide bonds. The van der Waals surface area contributed by atoms with Crippen molar-refractivity contribution >= 4 is 11.1 Å². The van der Waals surface area contributed by atoms with Gasteiger partial charge in [0, 0.05) is 17.3 Å². The first kappa shape index (κ1) is 15.8. The molecule has 3 rings (SSSR count). The van der Waals surface area contributed by atoms with Crippen LogP contribution in [0.2, 0.25) is 0 Å². The molecule has 0 aliphatic rings. The van der Waals surface area contributed by atoms with Gasteiger partial charge >= 0.3 is 0 Å². The fraction of sp³-hybridized carbons (Fsp3) is 0.143. The van der Waals surface area contributed by atoms with Crippen LogP contribution in [0.3, 0.4) is 0 Å². The molecule has 0 aliphatic carbocycles. The molecule has 0 spiro atoms. The van der Waals surface area contributed by atoms with Crippen LogP contribution < -0.4 is 0 Å². The van der Waals surface area contributed by atoms with Crippen LogP contribution >= 0.6 is 0 Å². The summed E-state index contributed by atoms with van der Waals surface area (Å²) in [6.45, 7) is 14.3. The average molecular weight is 289 g/mol. The fourth-order valence-corrected chi connectivity index (χ4v) is 2.47. The van der Waals surface area contributed by atoms with Gasteiger partial charge in [0.15, 0.2) is 0 Å². The van der Waals surface area contributed by atoms with E-state index < -0.39 is 0 Å². The Kier molecular flexibility index (Phi) is 5.00. The van der Waals surface area contributed by atoms with Crippen LogP contribution in [0.15, 0.2) is 79.5 Å². The van der Waals surface area contributed by atoms with Crippen molar-refractivity contribution in [3.8, 4) is 11.1 Å². The van der Waals surface area contributed by atoms with E-state index in [1.54, 1.807) is 0 Å². The Morgan fingerprint density at radius 1 is 0.909 bits per heavy atom. The van der Waals surface area contributed by atoms with Crippen molar-refractivity contribution in [2.75, 3.05) is 0 Å². The monoisotopic (exact) mass is 289 g/mol. The van der Waals surface area contributed by atoms with E-state index in [1.807, 2.05) is 32.9 Å². The summed E-state index contributed by atoms with van der Waals surface area (Å²) >= 11 is 0. The highest BCUT2D eigenvalue weighted by atomic mass is 14.9. The Morgan fingerprint density at radius 3 is 2.18 bits per heavy atom. The second-order valence-corrected chi connectivity index (χ2v) is 5.03. The molecule has 0 bridgehead atoms. The van der Waals surface area contributed by atoms with Gasteiger partial charge in [-0.25, -0.2) is 0 Å². The third kappa shape index (κ3) is 2.89. The maximum absolute atomic E-state index is 4.21. The lowest BCUT2D eigenvalue weighted by molar-refractivity contribution is 1.16. The second kappa shape index (κ2) is 6.95. The molecule has 0 N–H and O–H groups in total. The summed E-state index contributed by atoms with van der Waals surface area (Å²) in [6, 6.07) is 18.8. The molecule has 0 saturated heterocycles. The van der Waals surface area contributed by atoms with Crippen molar-refractivity contribution in [2.45, 2.75) is 20.8 Å². The normalized spacial score (nSPS) is 9.95. The van der Waals surface area contributed by atoms with Gasteiger partial charge in [-0.2, -0.15) is 0 Å². The Bertz CT molecular complexity index is 791. The third-order valence-corrected chi connectivity index (χ3v) is 3.57. The number of benzene rings is 1. The van der Waals surface area contributed by atoms with E-state index in [1.165, 1.54) is 16.6 Å². The van der Waals surface area contributed by atoms with Crippen LogP contribution in [0, 0.1) is 0 Å². The molecule has 0 fully saturated rings. The molecule has 0 atom stereocenters. The van der Waals surface area contributed by atoms with Gasteiger partial charge in [0.1, 0.15) is 0 Å². The van der Waals surface area contributed by atoms with Gasteiger partial charge in [0.2, 0.25) is 0 Å². The fourth-order valence-electron chi connectivity index (χ4n) is 2.47. The van der Waals surface area contributed by atoms with Crippen LogP contribution in [0.4, 0.5) is 0 Å². The largest absolute Gasteiger partial charge is 0.316 e. The number of hydrogen-bond donors (Lipinski definition) is 0. The van der Waals surface area contributed by atoms with E-state index in [0.717, 1.165) is 16.8 Å². The van der Waals surface area contributed by atoms with Crippen molar-refractivity contribution in [2.24, 2.45) is 0 Å². The zero-order chi connectivity index (χ0) is 16.1. The number of fused-ring (bicyclic) bond motifs is 1. The molecule has 2 heterocycles. The molecule has 0 saturated carbocycles. The molecule has 1 aromatic carbocycles. The average Bonchev–Trinajstić information content (AvgIpc) is 2.96. The van der Waals surface area contributed by atoms with Crippen LogP contribution in [0.1, 0.15) is 26.5 Å². The standard InChI is InChI=1S/C19H17N.C2H6/c1-14(2)15(3)19-18(16-9-5-4-6-10-16)13-17-11-7-8-12-20(17)19;1-2/h4-13H,1,3H2,2H3;1-2H3. The SMILES string of the molecule is C=C(C)C(=C)c1c(-c2ccccc2)cc2ccccn12.CC. The van der Waals surface area contributed by atoms with Gasteiger partial charge in [-0.3, -0.25) is 0 Å². The summed E-state index contributed by atoms with van der Waals surface area (Å²) in [5.41, 5.74) is 6.67. The van der Waals surface area contributed by atoms with Crippen LogP contribution in [0.25, 0.3) is 22.2 Å². The van der Waals surface area contributed by atoms with Crippen molar-refractivity contribution in [1.82, 2.24) is 4.40 Å². The quantitative estimate of drug-likeness (QED) is 0.504. The number of allylic oxidation sites excluding steroid dienone is 2. The molecule has 0 aliphatic heterocycles. The van der Waals surface area contributed by atoms with E-state index >= 15 is 0 Å². The molecule has 0 radical (unpaired) electrons. The van der Waals surface area contributed by atoms with E-state index in [0.29, 0.717) is 0 Å². The lowest BCUT2D eigenvalue weighted by Gasteiger charge is -2.10. The van der Waals surface area contributed by atoms with Crippen molar-refractivity contribution in [3.63, 3.8) is 0 Å². The van der Waals surface area contributed by atoms with Crippen molar-refractivity contribution in [3.05, 3.63) is 85.2 Å². The summed E-state index contributed by atoms with van der Waals surface area (Å²) < 4.78 is 2.18. The molecule has 22 heavy (non-hydrogen) atoms. The van der Waals surface area contributed by atoms with Crippen molar-refractivity contribution in [1.29, 1.82) is 0 Å². The lowest BCUT2D eigenvalue weighted by Crippen LogP contribution is -1.93. The van der Waals surface area contributed by atoms with Crippen LogP contribution in [-0.2, 0) is 0 Å². The summed E-state index contributed by atoms with van der Waals surface area (Å²) in [5, 5.41) is 0. The van der Waals surface area contributed by atoms with Gasteiger partial charge < -0.3 is 4.40 Å². The number of aromatic nitrogens is 1. The van der Waals surface area contributed by atoms with E-state index in [4.69, 9.17) is 0 Å². The first-order valence-corrected chi connectivity index (χ1v) is 7.69. The Morgan fingerprint density at radius 2 is 1.55 bits per heavy atom. The van der Waals surface area contributed by atoms with E-state index in [2.05, 4.69) is 66.2 Å². The smallest absolute Gasteiger partial charge is 0.0603 e. The number of pyridine rings is 1. The highest BCUT2D eigenvalue weighted by molar-refractivity contribution is 5.88. The Labute approximate surface area is 133 Å². The van der Waals surface area contributed by atoms with Gasteiger partial charge in [-0.15, -0.1) is 0 Å². The summed E-state index contributed by atoms with van der Waals surface area (Å²) in [4.78, 5) is 0. The van der Waals surface area contributed by atoms with Crippen LogP contribution in [-0.4, -0.2) is 4.40 Å². The Balaban J connectivity index is 0.000000847. The first-order chi connectivity index (χ1) is 10.7. The number of rotatable bonds is 3. The second-order valence-electron chi connectivity index (χ2n) is 5.03. The highest BCUT2D eigenvalue weighted by Gasteiger charge is 2.14. The highest BCUT2D eigenvalue weighted by Crippen LogP contribution is 2.33. The minimum atomic E-state index is 0.982. The summed E-state index contributed by atoms with van der Waals surface area (Å²) in [7, 11) is 0. The predicted octanol–water partition coefficient (Wildman–Crippen LogP) is 6.22. The van der Waals surface area contributed by atoms with E-state index in [9.17, 15) is 0 Å². The van der Waals surface area contributed by atoms with Gasteiger partial charge in [0.25, 0.3) is 0 Å². The summed E-state index contributed by atoms with van der Waals surface area (Å²) in [5.74, 6) is 0. The number of hydrogen-bond acceptors (Lipinski definition) is 0.